The monoisotopic (exact) mass is 328 g/mol. The molecule has 23 heavy (non-hydrogen) atoms. The Morgan fingerprint density at radius 3 is 2.35 bits per heavy atom. The summed E-state index contributed by atoms with van der Waals surface area (Å²) in [5, 5.41) is 1.10. The number of ether oxygens (including phenoxy) is 1. The van der Waals surface area contributed by atoms with Crippen molar-refractivity contribution in [2.45, 2.75) is 40.5 Å². The molecule has 0 aliphatic carbocycles. The van der Waals surface area contributed by atoms with Crippen LogP contribution >= 0.6 is 8.58 Å². The van der Waals surface area contributed by atoms with Crippen LogP contribution in [0.25, 0.3) is 0 Å². The lowest BCUT2D eigenvalue weighted by atomic mass is 10.0. The molecule has 2 nitrogen and oxygen atoms in total. The van der Waals surface area contributed by atoms with Gasteiger partial charge in [-0.3, -0.25) is 4.79 Å². The molecule has 0 fully saturated rings. The number of hydrogen-bond acceptors (Lipinski definition) is 2. The maximum absolute atomic E-state index is 12.7. The Bertz CT molecular complexity index is 672. The van der Waals surface area contributed by atoms with E-state index >= 15 is 0 Å². The highest BCUT2D eigenvalue weighted by molar-refractivity contribution is 7.66. The molecule has 1 atom stereocenters. The molecular formula is C20H25O2P. The van der Waals surface area contributed by atoms with Gasteiger partial charge in [0.15, 0.2) is 5.52 Å². The molecule has 122 valence electrons. The molecule has 0 aliphatic heterocycles. The summed E-state index contributed by atoms with van der Waals surface area (Å²) in [6.45, 7) is 8.95. The summed E-state index contributed by atoms with van der Waals surface area (Å²) in [6.07, 6.45) is 2.19. The highest BCUT2D eigenvalue weighted by Gasteiger charge is 2.14. The molecule has 0 amide bonds. The SMILES string of the molecule is CCCCOc1ccc(PC(=O)c2c(C)cccc2C)c(C)c1. The molecule has 0 saturated carbocycles. The number of aryl methyl sites for hydroxylation is 3. The molecule has 0 aromatic heterocycles. The Labute approximate surface area is 141 Å². The van der Waals surface area contributed by atoms with Gasteiger partial charge in [0.05, 0.1) is 6.61 Å². The molecule has 2 aromatic rings. The van der Waals surface area contributed by atoms with Crippen LogP contribution in [0.3, 0.4) is 0 Å². The standard InChI is InChI=1S/C20H25O2P/c1-5-6-12-22-17-10-11-18(16(4)13-17)23-20(21)19-14(2)8-7-9-15(19)3/h7-11,13,23H,5-6,12H2,1-4H3. The zero-order valence-electron chi connectivity index (χ0n) is 14.4. The van der Waals surface area contributed by atoms with Crippen LogP contribution in [-0.4, -0.2) is 12.1 Å². The highest BCUT2D eigenvalue weighted by Crippen LogP contribution is 2.26. The summed E-state index contributed by atoms with van der Waals surface area (Å²) in [5.74, 6) is 0.893. The molecule has 0 bridgehead atoms. The van der Waals surface area contributed by atoms with Gasteiger partial charge in [-0.15, -0.1) is 0 Å². The zero-order valence-corrected chi connectivity index (χ0v) is 15.4. The van der Waals surface area contributed by atoms with E-state index in [1.54, 1.807) is 0 Å². The third kappa shape index (κ3) is 4.65. The maximum Gasteiger partial charge on any atom is 0.186 e. The summed E-state index contributed by atoms with van der Waals surface area (Å²) in [6, 6.07) is 12.0. The van der Waals surface area contributed by atoms with Gasteiger partial charge in [0, 0.05) is 5.56 Å². The molecule has 0 aliphatic rings. The van der Waals surface area contributed by atoms with Crippen LogP contribution in [0.4, 0.5) is 0 Å². The zero-order chi connectivity index (χ0) is 16.8. The molecule has 1 unspecified atom stereocenters. The van der Waals surface area contributed by atoms with Crippen molar-refractivity contribution >= 4 is 19.4 Å². The number of unbranched alkanes of at least 4 members (excludes halogenated alkanes) is 1. The van der Waals surface area contributed by atoms with Crippen molar-refractivity contribution in [1.29, 1.82) is 0 Å². The first-order chi connectivity index (χ1) is 11.0. The summed E-state index contributed by atoms with van der Waals surface area (Å²) in [4.78, 5) is 12.7. The number of carbonyl (C=O) groups is 1. The van der Waals surface area contributed by atoms with Gasteiger partial charge in [0.2, 0.25) is 0 Å². The fourth-order valence-corrected chi connectivity index (χ4v) is 3.76. The summed E-state index contributed by atoms with van der Waals surface area (Å²) in [5.41, 5.74) is 4.31. The van der Waals surface area contributed by atoms with E-state index < -0.39 is 0 Å². The first-order valence-electron chi connectivity index (χ1n) is 8.14. The van der Waals surface area contributed by atoms with Gasteiger partial charge in [-0.05, 0) is 69.9 Å². The Morgan fingerprint density at radius 1 is 1.04 bits per heavy atom. The van der Waals surface area contributed by atoms with Crippen LogP contribution < -0.4 is 10.0 Å². The average Bonchev–Trinajstić information content (AvgIpc) is 2.50. The maximum atomic E-state index is 12.7. The van der Waals surface area contributed by atoms with Crippen molar-refractivity contribution in [1.82, 2.24) is 0 Å². The average molecular weight is 328 g/mol. The number of hydrogen-bond donors (Lipinski definition) is 0. The number of benzene rings is 2. The van der Waals surface area contributed by atoms with Crippen LogP contribution in [-0.2, 0) is 0 Å². The van der Waals surface area contributed by atoms with Crippen molar-refractivity contribution in [3.8, 4) is 5.75 Å². The van der Waals surface area contributed by atoms with Crippen molar-refractivity contribution in [3.63, 3.8) is 0 Å². The molecule has 3 heteroatoms. The van der Waals surface area contributed by atoms with Gasteiger partial charge >= 0.3 is 0 Å². The summed E-state index contributed by atoms with van der Waals surface area (Å²) >= 11 is 0. The van der Waals surface area contributed by atoms with Crippen LogP contribution in [0.15, 0.2) is 36.4 Å². The minimum atomic E-state index is 0.152. The van der Waals surface area contributed by atoms with E-state index in [-0.39, 0.29) is 14.1 Å². The topological polar surface area (TPSA) is 26.3 Å². The van der Waals surface area contributed by atoms with Crippen LogP contribution in [0.1, 0.15) is 46.8 Å². The van der Waals surface area contributed by atoms with Gasteiger partial charge in [-0.2, -0.15) is 0 Å². The van der Waals surface area contributed by atoms with Gasteiger partial charge in [0.1, 0.15) is 5.75 Å². The molecule has 0 radical (unpaired) electrons. The van der Waals surface area contributed by atoms with Gasteiger partial charge < -0.3 is 4.74 Å². The van der Waals surface area contributed by atoms with Crippen molar-refractivity contribution < 1.29 is 9.53 Å². The van der Waals surface area contributed by atoms with E-state index in [9.17, 15) is 4.79 Å². The van der Waals surface area contributed by atoms with Crippen molar-refractivity contribution in [2.24, 2.45) is 0 Å². The molecule has 2 rings (SSSR count). The molecule has 0 saturated heterocycles. The fourth-order valence-electron chi connectivity index (χ4n) is 2.56. The van der Waals surface area contributed by atoms with E-state index in [4.69, 9.17) is 4.74 Å². The third-order valence-corrected chi connectivity index (χ3v) is 5.23. The minimum absolute atomic E-state index is 0.152. The lowest BCUT2D eigenvalue weighted by molar-refractivity contribution is 0.108. The largest absolute Gasteiger partial charge is 0.494 e. The molecule has 0 N–H and O–H groups in total. The van der Waals surface area contributed by atoms with Crippen LogP contribution in [0.2, 0.25) is 0 Å². The number of carbonyl (C=O) groups excluding carboxylic acids is 1. The lowest BCUT2D eigenvalue weighted by Gasteiger charge is -2.12. The molecule has 0 heterocycles. The van der Waals surface area contributed by atoms with Crippen LogP contribution in [0.5, 0.6) is 5.75 Å². The first kappa shape index (κ1) is 17.7. The first-order valence-corrected chi connectivity index (χ1v) is 9.14. The Kier molecular flexibility index (Phi) is 6.36. The summed E-state index contributed by atoms with van der Waals surface area (Å²) < 4.78 is 5.73. The predicted molar refractivity (Wildman–Crippen MR) is 99.8 cm³/mol. The molecule has 0 spiro atoms. The fraction of sp³-hybridized carbons (Fsp3) is 0.350. The van der Waals surface area contributed by atoms with E-state index in [0.29, 0.717) is 0 Å². The molecular weight excluding hydrogens is 303 g/mol. The second-order valence-electron chi connectivity index (χ2n) is 5.90. The van der Waals surface area contributed by atoms with Crippen LogP contribution in [0, 0.1) is 20.8 Å². The van der Waals surface area contributed by atoms with Crippen molar-refractivity contribution in [2.75, 3.05) is 6.61 Å². The summed E-state index contributed by atoms with van der Waals surface area (Å²) in [7, 11) is 0.152. The van der Waals surface area contributed by atoms with E-state index in [1.165, 1.54) is 0 Å². The Hall–Kier alpha value is -1.66. The highest BCUT2D eigenvalue weighted by atomic mass is 31.1. The second-order valence-corrected chi connectivity index (χ2v) is 7.14. The lowest BCUT2D eigenvalue weighted by Crippen LogP contribution is -2.08. The smallest absolute Gasteiger partial charge is 0.186 e. The van der Waals surface area contributed by atoms with Gasteiger partial charge in [-0.1, -0.05) is 37.6 Å². The second kappa shape index (κ2) is 8.26. The van der Waals surface area contributed by atoms with Gasteiger partial charge in [-0.25, -0.2) is 0 Å². The van der Waals surface area contributed by atoms with Crippen molar-refractivity contribution in [3.05, 3.63) is 58.7 Å². The van der Waals surface area contributed by atoms with E-state index in [2.05, 4.69) is 6.92 Å². The van der Waals surface area contributed by atoms with E-state index in [1.807, 2.05) is 57.2 Å². The Morgan fingerprint density at radius 2 is 1.74 bits per heavy atom. The third-order valence-electron chi connectivity index (χ3n) is 3.92. The Balaban J connectivity index is 2.12. The normalized spacial score (nSPS) is 11.1. The van der Waals surface area contributed by atoms with E-state index in [0.717, 1.165) is 52.8 Å². The quantitative estimate of drug-likeness (QED) is 0.532. The predicted octanol–water partition coefficient (Wildman–Crippen LogP) is 4.93. The minimum Gasteiger partial charge on any atom is -0.494 e. The van der Waals surface area contributed by atoms with Gasteiger partial charge in [0.25, 0.3) is 0 Å². The molecule has 2 aromatic carbocycles. The number of rotatable bonds is 7.